The lowest BCUT2D eigenvalue weighted by Crippen LogP contribution is -2.62. The number of pyridine rings is 1. The van der Waals surface area contributed by atoms with E-state index in [2.05, 4.69) is 0 Å². The lowest BCUT2D eigenvalue weighted by Gasteiger charge is -2.44. The summed E-state index contributed by atoms with van der Waals surface area (Å²) in [5.74, 6) is -2.73. The van der Waals surface area contributed by atoms with Crippen molar-refractivity contribution in [2.24, 2.45) is 0 Å². The summed E-state index contributed by atoms with van der Waals surface area (Å²) < 4.78 is 33.8. The van der Waals surface area contributed by atoms with Gasteiger partial charge in [-0.3, -0.25) is 19.2 Å². The summed E-state index contributed by atoms with van der Waals surface area (Å²) in [5.41, 5.74) is 3.15. The van der Waals surface area contributed by atoms with Gasteiger partial charge in [-0.1, -0.05) is 48.5 Å². The molecule has 1 fully saturated rings. The van der Waals surface area contributed by atoms with Gasteiger partial charge in [0.15, 0.2) is 24.6 Å². The summed E-state index contributed by atoms with van der Waals surface area (Å²) in [6.07, 6.45) is -6.27. The molecule has 1 saturated heterocycles. The van der Waals surface area contributed by atoms with Crippen molar-refractivity contribution >= 4 is 34.8 Å². The monoisotopic (exact) mass is 565 g/mol. The van der Waals surface area contributed by atoms with Gasteiger partial charge in [0, 0.05) is 38.6 Å². The van der Waals surface area contributed by atoms with E-state index in [9.17, 15) is 19.2 Å². The zero-order valence-electron chi connectivity index (χ0n) is 23.1. The van der Waals surface area contributed by atoms with Crippen LogP contribution in [0.25, 0.3) is 22.2 Å². The van der Waals surface area contributed by atoms with Crippen molar-refractivity contribution in [3.05, 3.63) is 66.2 Å². The van der Waals surface area contributed by atoms with Crippen LogP contribution in [-0.2, 0) is 54.2 Å². The fraction of sp³-hybridized carbons (Fsp3) is 0.367. The summed E-state index contributed by atoms with van der Waals surface area (Å²) in [7, 11) is 0. The first-order valence-corrected chi connectivity index (χ1v) is 13.0. The van der Waals surface area contributed by atoms with Crippen LogP contribution in [0.2, 0.25) is 0 Å². The molecule has 0 N–H and O–H groups in total. The molecule has 11 heteroatoms. The Kier molecular flexibility index (Phi) is 9.64. The maximum atomic E-state index is 12.1. The van der Waals surface area contributed by atoms with Crippen LogP contribution in [0.1, 0.15) is 33.3 Å². The van der Waals surface area contributed by atoms with Gasteiger partial charge < -0.3 is 28.4 Å². The minimum atomic E-state index is -1.31. The molecule has 0 amide bonds. The average Bonchev–Trinajstić information content (AvgIpc) is 2.93. The molecule has 11 nitrogen and oxygen atoms in total. The molecule has 1 aromatic heterocycles. The molecule has 0 saturated carbocycles. The van der Waals surface area contributed by atoms with Crippen molar-refractivity contribution in [3.8, 4) is 11.3 Å². The molecule has 1 aliphatic rings. The number of rotatable bonds is 9. The molecule has 3 aromatic rings. The van der Waals surface area contributed by atoms with Gasteiger partial charge in [0.25, 0.3) is 0 Å². The molecule has 216 valence electrons. The number of para-hydroxylation sites is 1. The molecule has 4 rings (SSSR count). The standard InChI is InChI=1S/C30H31NO10/c1-17(32)36-16-26-27(38-18(2)33)28(39-19(3)34)29(40-20(4)35)30(41-26)37-15-22-14-25(21-10-6-5-7-11-21)31-24-13-9-8-12-23(22)24/h5-14,26-30H,15-16H2,1-4H3/t26?,27-,28+,29?,30-/m1/s1. The van der Waals surface area contributed by atoms with Crippen LogP contribution in [0.3, 0.4) is 0 Å². The molecule has 2 unspecified atom stereocenters. The summed E-state index contributed by atoms with van der Waals surface area (Å²) in [5, 5.41) is 0.831. The zero-order chi connectivity index (χ0) is 29.5. The molecule has 2 heterocycles. The van der Waals surface area contributed by atoms with Crippen LogP contribution in [0.4, 0.5) is 0 Å². The number of hydrogen-bond donors (Lipinski definition) is 0. The second-order valence-corrected chi connectivity index (χ2v) is 9.43. The highest BCUT2D eigenvalue weighted by atomic mass is 16.7. The quantitative estimate of drug-likeness (QED) is 0.278. The Labute approximate surface area is 236 Å². The Balaban J connectivity index is 1.70. The number of nitrogens with zero attached hydrogens (tertiary/aromatic N) is 1. The molecule has 0 aliphatic carbocycles. The highest BCUT2D eigenvalue weighted by molar-refractivity contribution is 5.85. The van der Waals surface area contributed by atoms with Gasteiger partial charge in [-0.2, -0.15) is 0 Å². The topological polar surface area (TPSA) is 137 Å². The summed E-state index contributed by atoms with van der Waals surface area (Å²) in [6, 6.07) is 19.1. The van der Waals surface area contributed by atoms with Gasteiger partial charge in [0.2, 0.25) is 0 Å². The van der Waals surface area contributed by atoms with Crippen molar-refractivity contribution in [3.63, 3.8) is 0 Å². The Morgan fingerprint density at radius 1 is 0.756 bits per heavy atom. The summed E-state index contributed by atoms with van der Waals surface area (Å²) in [4.78, 5) is 52.5. The van der Waals surface area contributed by atoms with E-state index < -0.39 is 54.6 Å². The molecular weight excluding hydrogens is 534 g/mol. The molecule has 2 aromatic carbocycles. The normalized spacial score (nSPS) is 22.0. The SMILES string of the molecule is CC(=O)OCC1O[C@@H](OCc2cc(-c3ccccc3)nc3ccccc23)C(OC(C)=O)[C@@H](OC(C)=O)[C@@H]1OC(C)=O. The van der Waals surface area contributed by atoms with Crippen LogP contribution in [-0.4, -0.2) is 66.2 Å². The molecule has 41 heavy (non-hydrogen) atoms. The van der Waals surface area contributed by atoms with Gasteiger partial charge in [0.1, 0.15) is 12.7 Å². The Bertz CT molecular complexity index is 1410. The maximum Gasteiger partial charge on any atom is 0.303 e. The highest BCUT2D eigenvalue weighted by Gasteiger charge is 2.52. The van der Waals surface area contributed by atoms with E-state index in [-0.39, 0.29) is 13.2 Å². The summed E-state index contributed by atoms with van der Waals surface area (Å²) >= 11 is 0. The van der Waals surface area contributed by atoms with E-state index in [1.807, 2.05) is 60.7 Å². The number of carbonyl (C=O) groups excluding carboxylic acids is 4. The lowest BCUT2D eigenvalue weighted by atomic mass is 9.98. The Morgan fingerprint density at radius 3 is 2.02 bits per heavy atom. The van der Waals surface area contributed by atoms with Crippen LogP contribution in [0.5, 0.6) is 0 Å². The third-order valence-electron chi connectivity index (χ3n) is 6.22. The second-order valence-electron chi connectivity index (χ2n) is 9.43. The first-order valence-electron chi connectivity index (χ1n) is 13.0. The van der Waals surface area contributed by atoms with Crippen LogP contribution >= 0.6 is 0 Å². The minimum Gasteiger partial charge on any atom is -0.463 e. The number of fused-ring (bicyclic) bond motifs is 1. The third kappa shape index (κ3) is 7.65. The number of aromatic nitrogens is 1. The van der Waals surface area contributed by atoms with Crippen molar-refractivity contribution in [1.29, 1.82) is 0 Å². The number of hydrogen-bond acceptors (Lipinski definition) is 11. The molecular formula is C30H31NO10. The molecule has 5 atom stereocenters. The van der Waals surface area contributed by atoms with Crippen molar-refractivity contribution < 1.29 is 47.6 Å². The van der Waals surface area contributed by atoms with Crippen LogP contribution < -0.4 is 0 Å². The van der Waals surface area contributed by atoms with Gasteiger partial charge in [0.05, 0.1) is 17.8 Å². The minimum absolute atomic E-state index is 0.0173. The zero-order valence-corrected chi connectivity index (χ0v) is 23.1. The van der Waals surface area contributed by atoms with E-state index in [0.717, 1.165) is 41.6 Å². The highest BCUT2D eigenvalue weighted by Crippen LogP contribution is 2.32. The second kappa shape index (κ2) is 13.3. The first-order chi connectivity index (χ1) is 19.6. The fourth-order valence-electron chi connectivity index (χ4n) is 4.62. The van der Waals surface area contributed by atoms with Crippen LogP contribution in [0.15, 0.2) is 60.7 Å². The number of ether oxygens (including phenoxy) is 6. The molecule has 0 bridgehead atoms. The first kappa shape index (κ1) is 29.6. The molecule has 1 aliphatic heterocycles. The van der Waals surface area contributed by atoms with E-state index in [1.165, 1.54) is 13.8 Å². The molecule has 0 radical (unpaired) electrons. The van der Waals surface area contributed by atoms with E-state index in [0.29, 0.717) is 0 Å². The smallest absolute Gasteiger partial charge is 0.303 e. The van der Waals surface area contributed by atoms with Crippen molar-refractivity contribution in [2.45, 2.75) is 65.0 Å². The fourth-order valence-corrected chi connectivity index (χ4v) is 4.62. The van der Waals surface area contributed by atoms with E-state index >= 15 is 0 Å². The van der Waals surface area contributed by atoms with E-state index in [1.54, 1.807) is 0 Å². The van der Waals surface area contributed by atoms with Gasteiger partial charge in [-0.05, 0) is 17.7 Å². The third-order valence-corrected chi connectivity index (χ3v) is 6.22. The summed E-state index contributed by atoms with van der Waals surface area (Å²) in [6.45, 7) is 4.36. The maximum absolute atomic E-state index is 12.1. The Hall–Kier alpha value is -4.35. The van der Waals surface area contributed by atoms with Crippen molar-refractivity contribution in [1.82, 2.24) is 4.98 Å². The largest absolute Gasteiger partial charge is 0.463 e. The number of esters is 4. The molecule has 0 spiro atoms. The number of carbonyl (C=O) groups is 4. The van der Waals surface area contributed by atoms with E-state index in [4.69, 9.17) is 33.4 Å². The lowest BCUT2D eigenvalue weighted by molar-refractivity contribution is -0.310. The van der Waals surface area contributed by atoms with Gasteiger partial charge in [-0.15, -0.1) is 0 Å². The Morgan fingerprint density at radius 2 is 1.37 bits per heavy atom. The average molecular weight is 566 g/mol. The van der Waals surface area contributed by atoms with Gasteiger partial charge in [-0.25, -0.2) is 4.98 Å². The van der Waals surface area contributed by atoms with Gasteiger partial charge >= 0.3 is 23.9 Å². The predicted molar refractivity (Wildman–Crippen MR) is 144 cm³/mol. The predicted octanol–water partition coefficient (Wildman–Crippen LogP) is 3.50. The van der Waals surface area contributed by atoms with Crippen molar-refractivity contribution in [2.75, 3.05) is 6.61 Å². The number of benzene rings is 2. The van der Waals surface area contributed by atoms with Crippen LogP contribution in [0, 0.1) is 0 Å².